The minimum Gasteiger partial charge on any atom is -0.349 e. The Kier molecular flexibility index (Phi) is 5.05. The summed E-state index contributed by atoms with van der Waals surface area (Å²) >= 11 is 3.26. The van der Waals surface area contributed by atoms with E-state index in [1.165, 1.54) is 34.4 Å². The lowest BCUT2D eigenvalue weighted by Gasteiger charge is -2.25. The molecule has 1 N–H and O–H groups in total. The van der Waals surface area contributed by atoms with Crippen LogP contribution in [0.2, 0.25) is 0 Å². The Balaban J connectivity index is 1.57. The molecule has 2 aromatic rings. The molecule has 1 unspecified atom stereocenters. The quantitative estimate of drug-likeness (QED) is 0.847. The first-order chi connectivity index (χ1) is 10.7. The summed E-state index contributed by atoms with van der Waals surface area (Å²) in [6.45, 7) is 0. The fraction of sp³-hybridized carbons (Fsp3) is 0.235. The van der Waals surface area contributed by atoms with Crippen LogP contribution in [0.15, 0.2) is 58.3 Å². The summed E-state index contributed by atoms with van der Waals surface area (Å²) < 4.78 is 12.8. The van der Waals surface area contributed by atoms with E-state index in [2.05, 4.69) is 17.4 Å². The number of fused-ring (bicyclic) bond motifs is 1. The van der Waals surface area contributed by atoms with Crippen molar-refractivity contribution in [2.24, 2.45) is 0 Å². The largest absolute Gasteiger partial charge is 0.349 e. The summed E-state index contributed by atoms with van der Waals surface area (Å²) in [4.78, 5) is 14.3. The van der Waals surface area contributed by atoms with Crippen LogP contribution in [0.3, 0.4) is 0 Å². The molecule has 0 spiro atoms. The van der Waals surface area contributed by atoms with Crippen LogP contribution in [0, 0.1) is 5.82 Å². The molecule has 0 aliphatic carbocycles. The lowest BCUT2D eigenvalue weighted by Crippen LogP contribution is -2.31. The van der Waals surface area contributed by atoms with Crippen molar-refractivity contribution in [1.29, 1.82) is 0 Å². The summed E-state index contributed by atoms with van der Waals surface area (Å²) in [5, 5.41) is 3.11. The van der Waals surface area contributed by atoms with Crippen LogP contribution in [0.4, 0.5) is 4.39 Å². The van der Waals surface area contributed by atoms with Crippen LogP contribution in [-0.2, 0) is 4.79 Å². The van der Waals surface area contributed by atoms with E-state index < -0.39 is 0 Å². The van der Waals surface area contributed by atoms with Gasteiger partial charge >= 0.3 is 0 Å². The molecular formula is C17H16FNOS2. The van der Waals surface area contributed by atoms with E-state index in [-0.39, 0.29) is 17.8 Å². The first-order valence-electron chi connectivity index (χ1n) is 7.12. The molecule has 1 aliphatic heterocycles. The average Bonchev–Trinajstić information content (AvgIpc) is 2.55. The molecule has 0 saturated heterocycles. The van der Waals surface area contributed by atoms with Crippen molar-refractivity contribution in [1.82, 2.24) is 5.32 Å². The molecule has 3 rings (SSSR count). The lowest BCUT2D eigenvalue weighted by atomic mass is 10.0. The Hall–Kier alpha value is -1.46. The van der Waals surface area contributed by atoms with Gasteiger partial charge in [-0.1, -0.05) is 18.2 Å². The summed E-state index contributed by atoms with van der Waals surface area (Å²) in [6, 6.07) is 14.5. The molecule has 5 heteroatoms. The lowest BCUT2D eigenvalue weighted by molar-refractivity contribution is -0.119. The highest BCUT2D eigenvalue weighted by Crippen LogP contribution is 2.35. The number of nitrogens with one attached hydrogen (secondary N) is 1. The van der Waals surface area contributed by atoms with Gasteiger partial charge in [0, 0.05) is 15.5 Å². The second kappa shape index (κ2) is 7.20. The fourth-order valence-corrected chi connectivity index (χ4v) is 4.24. The van der Waals surface area contributed by atoms with E-state index in [0.29, 0.717) is 5.75 Å². The zero-order chi connectivity index (χ0) is 15.4. The van der Waals surface area contributed by atoms with Crippen LogP contribution >= 0.6 is 23.5 Å². The molecule has 1 heterocycles. The van der Waals surface area contributed by atoms with Gasteiger partial charge in [-0.2, -0.15) is 0 Å². The Morgan fingerprint density at radius 2 is 2.00 bits per heavy atom. The molecule has 0 fully saturated rings. The van der Waals surface area contributed by atoms with Crippen LogP contribution < -0.4 is 5.32 Å². The van der Waals surface area contributed by atoms with Crippen LogP contribution in [0.25, 0.3) is 0 Å². The minimum absolute atomic E-state index is 0.0148. The highest BCUT2D eigenvalue weighted by Gasteiger charge is 2.21. The van der Waals surface area contributed by atoms with Gasteiger partial charge in [0.05, 0.1) is 11.8 Å². The molecule has 114 valence electrons. The van der Waals surface area contributed by atoms with Gasteiger partial charge in [0.25, 0.3) is 0 Å². The first-order valence-corrected chi connectivity index (χ1v) is 9.09. The van der Waals surface area contributed by atoms with E-state index in [9.17, 15) is 9.18 Å². The third-order valence-electron chi connectivity index (χ3n) is 3.48. The van der Waals surface area contributed by atoms with Crippen molar-refractivity contribution >= 4 is 29.4 Å². The second-order valence-corrected chi connectivity index (χ2v) is 7.22. The molecule has 1 amide bonds. The molecule has 0 radical (unpaired) electrons. The number of carbonyl (C=O) groups excluding carboxylic acids is 1. The molecule has 0 bridgehead atoms. The van der Waals surface area contributed by atoms with Crippen molar-refractivity contribution in [3.05, 3.63) is 59.9 Å². The van der Waals surface area contributed by atoms with Crippen LogP contribution in [0.5, 0.6) is 0 Å². The van der Waals surface area contributed by atoms with Crippen LogP contribution in [0.1, 0.15) is 18.0 Å². The molecule has 0 saturated carbocycles. The van der Waals surface area contributed by atoms with E-state index in [4.69, 9.17) is 0 Å². The molecular weight excluding hydrogens is 317 g/mol. The SMILES string of the molecule is O=C(CSc1ccc(F)cc1)NC1CCSc2ccccc21. The van der Waals surface area contributed by atoms with E-state index >= 15 is 0 Å². The molecule has 0 aromatic heterocycles. The Morgan fingerprint density at radius 3 is 2.82 bits per heavy atom. The predicted molar refractivity (Wildman–Crippen MR) is 89.8 cm³/mol. The van der Waals surface area contributed by atoms with Crippen molar-refractivity contribution < 1.29 is 9.18 Å². The van der Waals surface area contributed by atoms with E-state index in [0.717, 1.165) is 17.1 Å². The highest BCUT2D eigenvalue weighted by atomic mass is 32.2. The van der Waals surface area contributed by atoms with Gasteiger partial charge in [0.1, 0.15) is 5.82 Å². The number of hydrogen-bond acceptors (Lipinski definition) is 3. The monoisotopic (exact) mass is 333 g/mol. The third kappa shape index (κ3) is 3.84. The normalized spacial score (nSPS) is 16.9. The van der Waals surface area contributed by atoms with Gasteiger partial charge in [-0.25, -0.2) is 4.39 Å². The predicted octanol–water partition coefficient (Wildman–Crippen LogP) is 4.27. The summed E-state index contributed by atoms with van der Waals surface area (Å²) in [5.74, 6) is 1.12. The fourth-order valence-electron chi connectivity index (χ4n) is 2.41. The summed E-state index contributed by atoms with van der Waals surface area (Å²) in [6.07, 6.45) is 0.953. The number of amides is 1. The molecule has 1 aliphatic rings. The Morgan fingerprint density at radius 1 is 1.23 bits per heavy atom. The zero-order valence-corrected chi connectivity index (χ0v) is 13.6. The number of carbonyl (C=O) groups is 1. The van der Waals surface area contributed by atoms with Crippen molar-refractivity contribution in [3.8, 4) is 0 Å². The highest BCUT2D eigenvalue weighted by molar-refractivity contribution is 8.00. The maximum Gasteiger partial charge on any atom is 0.230 e. The number of hydrogen-bond donors (Lipinski definition) is 1. The number of halogens is 1. The topological polar surface area (TPSA) is 29.1 Å². The van der Waals surface area contributed by atoms with E-state index in [1.807, 2.05) is 23.9 Å². The minimum atomic E-state index is -0.259. The summed E-state index contributed by atoms with van der Waals surface area (Å²) in [7, 11) is 0. The Bertz CT molecular complexity index is 660. The molecule has 22 heavy (non-hydrogen) atoms. The van der Waals surface area contributed by atoms with Gasteiger partial charge in [-0.3, -0.25) is 4.79 Å². The van der Waals surface area contributed by atoms with Gasteiger partial charge in [-0.05, 0) is 42.3 Å². The van der Waals surface area contributed by atoms with Crippen molar-refractivity contribution in [2.45, 2.75) is 22.3 Å². The van der Waals surface area contributed by atoms with E-state index in [1.54, 1.807) is 12.1 Å². The average molecular weight is 333 g/mol. The smallest absolute Gasteiger partial charge is 0.230 e. The third-order valence-corrected chi connectivity index (χ3v) is 5.61. The van der Waals surface area contributed by atoms with Crippen molar-refractivity contribution in [2.75, 3.05) is 11.5 Å². The zero-order valence-electron chi connectivity index (χ0n) is 11.9. The van der Waals surface area contributed by atoms with Gasteiger partial charge in [-0.15, -0.1) is 23.5 Å². The summed E-state index contributed by atoms with van der Waals surface area (Å²) in [5.41, 5.74) is 1.21. The van der Waals surface area contributed by atoms with Gasteiger partial charge in [0.15, 0.2) is 0 Å². The van der Waals surface area contributed by atoms with Gasteiger partial charge < -0.3 is 5.32 Å². The maximum absolute atomic E-state index is 12.8. The molecule has 2 aromatic carbocycles. The number of thioether (sulfide) groups is 2. The first kappa shape index (κ1) is 15.4. The molecule has 1 atom stereocenters. The molecule has 2 nitrogen and oxygen atoms in total. The maximum atomic E-state index is 12.8. The van der Waals surface area contributed by atoms with Crippen LogP contribution in [-0.4, -0.2) is 17.4 Å². The Labute approximate surface area is 137 Å². The standard InChI is InChI=1S/C17H16FNOS2/c18-12-5-7-13(8-6-12)22-11-17(20)19-15-9-10-21-16-4-2-1-3-14(15)16/h1-8,15H,9-11H2,(H,19,20). The number of benzene rings is 2. The number of rotatable bonds is 4. The van der Waals surface area contributed by atoms with Crippen molar-refractivity contribution in [3.63, 3.8) is 0 Å². The van der Waals surface area contributed by atoms with Gasteiger partial charge in [0.2, 0.25) is 5.91 Å². The second-order valence-electron chi connectivity index (χ2n) is 5.04.